The molecule has 0 fully saturated rings. The molecule has 1 N–H and O–H groups in total. The predicted molar refractivity (Wildman–Crippen MR) is 42.0 cm³/mol. The van der Waals surface area contributed by atoms with E-state index in [4.69, 9.17) is 0 Å². The van der Waals surface area contributed by atoms with Crippen LogP contribution in [0.2, 0.25) is 0 Å². The number of allylic oxidation sites excluding steroid dienone is 2. The van der Waals surface area contributed by atoms with Gasteiger partial charge in [-0.05, 0) is 25.7 Å². The van der Waals surface area contributed by atoms with Crippen LogP contribution >= 0.6 is 0 Å². The molecule has 0 unspecified atom stereocenters. The van der Waals surface area contributed by atoms with Gasteiger partial charge in [0.25, 0.3) is 0 Å². The zero-order valence-electron chi connectivity index (χ0n) is 6.44. The average molecular weight is 125 g/mol. The van der Waals surface area contributed by atoms with Gasteiger partial charge in [0.2, 0.25) is 0 Å². The molecule has 0 spiro atoms. The second-order valence-corrected chi connectivity index (χ2v) is 1.76. The summed E-state index contributed by atoms with van der Waals surface area (Å²) in [6.07, 6.45) is 7.18. The van der Waals surface area contributed by atoms with Crippen molar-refractivity contribution in [1.29, 1.82) is 0 Å². The van der Waals surface area contributed by atoms with E-state index in [0.29, 0.717) is 0 Å². The van der Waals surface area contributed by atoms with Gasteiger partial charge in [-0.25, -0.2) is 0 Å². The van der Waals surface area contributed by atoms with Crippen molar-refractivity contribution >= 4 is 0 Å². The third kappa shape index (κ3) is 3.83. The molecule has 0 aliphatic carbocycles. The minimum Gasteiger partial charge on any atom is -0.368 e. The molecule has 0 bridgehead atoms. The highest BCUT2D eigenvalue weighted by Gasteiger charge is 1.86. The summed E-state index contributed by atoms with van der Waals surface area (Å²) >= 11 is 0. The van der Waals surface area contributed by atoms with E-state index in [-0.39, 0.29) is 0 Å². The van der Waals surface area contributed by atoms with Gasteiger partial charge in [0.15, 0.2) is 0 Å². The number of hydrogen-bond acceptors (Lipinski definition) is 1. The van der Waals surface area contributed by atoms with Gasteiger partial charge >= 0.3 is 0 Å². The van der Waals surface area contributed by atoms with E-state index in [9.17, 15) is 0 Å². The fourth-order valence-corrected chi connectivity index (χ4v) is 0.562. The fourth-order valence-electron chi connectivity index (χ4n) is 0.562. The Morgan fingerprint density at radius 1 is 1.44 bits per heavy atom. The first-order valence-electron chi connectivity index (χ1n) is 3.46. The van der Waals surface area contributed by atoms with Gasteiger partial charge in [-0.1, -0.05) is 25.5 Å². The highest BCUT2D eigenvalue weighted by molar-refractivity contribution is 5.09. The van der Waals surface area contributed by atoms with E-state index < -0.39 is 0 Å². The first kappa shape index (κ1) is 8.28. The van der Waals surface area contributed by atoms with Crippen LogP contribution in [-0.4, -0.2) is 0 Å². The van der Waals surface area contributed by atoms with Crippen LogP contribution in [0.5, 0.6) is 0 Å². The molecule has 1 aliphatic rings. The van der Waals surface area contributed by atoms with Crippen LogP contribution in [0.1, 0.15) is 27.2 Å². The standard InChI is InChI=1S/C6H9N.C2H6/c1-6-3-2-4-7-5-6;1-2/h2,4-5,7H,3H2,1H3;1-2H3. The van der Waals surface area contributed by atoms with Crippen molar-refractivity contribution in [3.8, 4) is 0 Å². The summed E-state index contributed by atoms with van der Waals surface area (Å²) in [6.45, 7) is 6.11. The molecule has 1 heterocycles. The minimum absolute atomic E-state index is 1.10. The zero-order valence-corrected chi connectivity index (χ0v) is 6.44. The lowest BCUT2D eigenvalue weighted by atomic mass is 10.2. The van der Waals surface area contributed by atoms with Gasteiger partial charge in [0.05, 0.1) is 0 Å². The van der Waals surface area contributed by atoms with Crippen molar-refractivity contribution in [1.82, 2.24) is 5.32 Å². The topological polar surface area (TPSA) is 12.0 Å². The Kier molecular flexibility index (Phi) is 4.98. The second kappa shape index (κ2) is 5.42. The Balaban J connectivity index is 0.000000291. The Bertz CT molecular complexity index is 112. The highest BCUT2D eigenvalue weighted by Crippen LogP contribution is 2.01. The molecule has 0 aromatic carbocycles. The fraction of sp³-hybridized carbons (Fsp3) is 0.500. The van der Waals surface area contributed by atoms with Gasteiger partial charge in [-0.2, -0.15) is 0 Å². The van der Waals surface area contributed by atoms with E-state index in [1.165, 1.54) is 5.57 Å². The molecule has 0 aromatic rings. The van der Waals surface area contributed by atoms with Crippen LogP contribution in [0.15, 0.2) is 24.0 Å². The van der Waals surface area contributed by atoms with Crippen LogP contribution in [0.25, 0.3) is 0 Å². The van der Waals surface area contributed by atoms with Gasteiger partial charge in [0, 0.05) is 0 Å². The lowest BCUT2D eigenvalue weighted by molar-refractivity contribution is 1.04. The second-order valence-electron chi connectivity index (χ2n) is 1.76. The Labute approximate surface area is 57.5 Å². The molecule has 0 saturated heterocycles. The maximum Gasteiger partial charge on any atom is -0.000338 e. The Morgan fingerprint density at radius 3 is 2.33 bits per heavy atom. The maximum absolute atomic E-state index is 2.99. The van der Waals surface area contributed by atoms with Gasteiger partial charge in [-0.15, -0.1) is 0 Å². The van der Waals surface area contributed by atoms with Crippen LogP contribution in [0.4, 0.5) is 0 Å². The molecule has 0 aromatic heterocycles. The SMILES string of the molecule is CC.CC1=CNC=CC1. The largest absolute Gasteiger partial charge is 0.368 e. The molecule has 0 saturated carbocycles. The molecule has 0 amide bonds. The van der Waals surface area contributed by atoms with Gasteiger partial charge in [0.1, 0.15) is 0 Å². The molecule has 1 heteroatoms. The molecule has 0 radical (unpaired) electrons. The monoisotopic (exact) mass is 125 g/mol. The van der Waals surface area contributed by atoms with E-state index in [2.05, 4.69) is 18.3 Å². The number of hydrogen-bond donors (Lipinski definition) is 1. The lowest BCUT2D eigenvalue weighted by Crippen LogP contribution is -1.97. The molecule has 1 nitrogen and oxygen atoms in total. The van der Waals surface area contributed by atoms with Crippen molar-refractivity contribution in [3.63, 3.8) is 0 Å². The third-order valence-corrected chi connectivity index (χ3v) is 0.984. The van der Waals surface area contributed by atoms with Gasteiger partial charge < -0.3 is 5.32 Å². The molecule has 0 atom stereocenters. The average Bonchev–Trinajstić information content (AvgIpc) is 1.94. The molecule has 9 heavy (non-hydrogen) atoms. The normalized spacial score (nSPS) is 14.8. The van der Waals surface area contributed by atoms with Gasteiger partial charge in [-0.3, -0.25) is 0 Å². The summed E-state index contributed by atoms with van der Waals surface area (Å²) in [6, 6.07) is 0. The molecule has 1 rings (SSSR count). The van der Waals surface area contributed by atoms with Crippen LogP contribution in [-0.2, 0) is 0 Å². The highest BCUT2D eigenvalue weighted by atomic mass is 14.8. The Morgan fingerprint density at radius 2 is 2.11 bits per heavy atom. The quantitative estimate of drug-likeness (QED) is 0.524. The van der Waals surface area contributed by atoms with Crippen molar-refractivity contribution < 1.29 is 0 Å². The molecule has 52 valence electrons. The third-order valence-electron chi connectivity index (χ3n) is 0.984. The zero-order chi connectivity index (χ0) is 7.11. The summed E-state index contributed by atoms with van der Waals surface area (Å²) in [7, 11) is 0. The number of rotatable bonds is 0. The molecule has 1 aliphatic heterocycles. The van der Waals surface area contributed by atoms with Crippen molar-refractivity contribution in [2.24, 2.45) is 0 Å². The van der Waals surface area contributed by atoms with Crippen molar-refractivity contribution in [3.05, 3.63) is 24.0 Å². The van der Waals surface area contributed by atoms with Crippen LogP contribution < -0.4 is 5.32 Å². The van der Waals surface area contributed by atoms with E-state index in [1.807, 2.05) is 26.2 Å². The summed E-state index contributed by atoms with van der Waals surface area (Å²) in [5.74, 6) is 0. The van der Waals surface area contributed by atoms with Crippen LogP contribution in [0.3, 0.4) is 0 Å². The van der Waals surface area contributed by atoms with E-state index in [1.54, 1.807) is 0 Å². The summed E-state index contributed by atoms with van der Waals surface area (Å²) in [4.78, 5) is 0. The van der Waals surface area contributed by atoms with E-state index in [0.717, 1.165) is 6.42 Å². The molecular weight excluding hydrogens is 110 g/mol. The minimum atomic E-state index is 1.10. The number of dihydropyridines is 1. The number of nitrogens with one attached hydrogen (secondary N) is 1. The first-order chi connectivity index (χ1) is 4.39. The smallest absolute Gasteiger partial charge is 0.000338 e. The van der Waals surface area contributed by atoms with Crippen molar-refractivity contribution in [2.45, 2.75) is 27.2 Å². The summed E-state index contributed by atoms with van der Waals surface area (Å²) < 4.78 is 0. The lowest BCUT2D eigenvalue weighted by Gasteiger charge is -2.00. The summed E-state index contributed by atoms with van der Waals surface area (Å²) in [5.41, 5.74) is 1.39. The van der Waals surface area contributed by atoms with Crippen LogP contribution in [0, 0.1) is 0 Å². The Hall–Kier alpha value is -0.720. The van der Waals surface area contributed by atoms with E-state index >= 15 is 0 Å². The first-order valence-corrected chi connectivity index (χ1v) is 3.46. The van der Waals surface area contributed by atoms with Crippen molar-refractivity contribution in [2.75, 3.05) is 0 Å². The maximum atomic E-state index is 2.99. The molecular formula is C8H15N. The summed E-state index contributed by atoms with van der Waals surface area (Å²) in [5, 5.41) is 2.99. The predicted octanol–water partition coefficient (Wildman–Crippen LogP) is 2.42.